The molecule has 2 heterocycles. The second-order valence-corrected chi connectivity index (χ2v) is 8.22. The average molecular weight is 403 g/mol. The van der Waals surface area contributed by atoms with Gasteiger partial charge in [-0.2, -0.15) is 0 Å². The SMILES string of the molecule is CCC1CC(NC(C)c2cc(F)c(-c3cc(C(C)(C)F)c(C)cn3)cc2F)=CN1. The van der Waals surface area contributed by atoms with Crippen molar-refractivity contribution in [1.29, 1.82) is 0 Å². The number of nitrogens with zero attached hydrogens (tertiary/aromatic N) is 1. The van der Waals surface area contributed by atoms with Gasteiger partial charge in [0.1, 0.15) is 17.3 Å². The van der Waals surface area contributed by atoms with Crippen LogP contribution < -0.4 is 10.6 Å². The smallest absolute Gasteiger partial charge is 0.133 e. The van der Waals surface area contributed by atoms with E-state index in [-0.39, 0.29) is 16.8 Å². The van der Waals surface area contributed by atoms with Crippen LogP contribution in [-0.2, 0) is 5.67 Å². The first-order chi connectivity index (χ1) is 13.6. The molecule has 0 spiro atoms. The number of benzene rings is 1. The summed E-state index contributed by atoms with van der Waals surface area (Å²) in [6, 6.07) is 3.81. The van der Waals surface area contributed by atoms with Crippen LogP contribution in [0.5, 0.6) is 0 Å². The molecule has 156 valence electrons. The molecular formula is C23H28F3N3. The number of aryl methyl sites for hydroxylation is 1. The van der Waals surface area contributed by atoms with Crippen LogP contribution in [-0.4, -0.2) is 11.0 Å². The fourth-order valence-electron chi connectivity index (χ4n) is 3.72. The molecule has 3 rings (SSSR count). The van der Waals surface area contributed by atoms with Crippen molar-refractivity contribution in [3.8, 4) is 11.3 Å². The first kappa shape index (κ1) is 21.2. The van der Waals surface area contributed by atoms with Gasteiger partial charge >= 0.3 is 0 Å². The number of rotatable bonds is 6. The van der Waals surface area contributed by atoms with Gasteiger partial charge in [0.05, 0.1) is 11.7 Å². The Morgan fingerprint density at radius 1 is 1.24 bits per heavy atom. The number of hydrogen-bond acceptors (Lipinski definition) is 3. The molecule has 0 saturated heterocycles. The van der Waals surface area contributed by atoms with Crippen molar-refractivity contribution in [3.05, 3.63) is 64.6 Å². The third-order valence-corrected chi connectivity index (χ3v) is 5.43. The Hall–Kier alpha value is -2.50. The highest BCUT2D eigenvalue weighted by atomic mass is 19.1. The van der Waals surface area contributed by atoms with Crippen LogP contribution in [0.1, 0.15) is 63.3 Å². The quantitative estimate of drug-likeness (QED) is 0.640. The topological polar surface area (TPSA) is 37.0 Å². The standard InChI is InChI=1S/C23H28F3N3/c1-6-15-7-16(12-27-15)29-14(3)17-8-21(25)18(9-20(17)24)22-10-19(23(4,5)26)13(2)11-28-22/h8-12,14-15,27,29H,6-7H2,1-5H3. The van der Waals surface area contributed by atoms with Gasteiger partial charge in [-0.05, 0) is 63.4 Å². The Balaban J connectivity index is 1.88. The van der Waals surface area contributed by atoms with Crippen molar-refractivity contribution in [2.75, 3.05) is 0 Å². The Morgan fingerprint density at radius 2 is 1.97 bits per heavy atom. The van der Waals surface area contributed by atoms with Crippen molar-refractivity contribution in [2.24, 2.45) is 0 Å². The van der Waals surface area contributed by atoms with Gasteiger partial charge in [-0.25, -0.2) is 13.2 Å². The summed E-state index contributed by atoms with van der Waals surface area (Å²) < 4.78 is 44.2. The first-order valence-electron chi connectivity index (χ1n) is 9.97. The summed E-state index contributed by atoms with van der Waals surface area (Å²) in [6.45, 7) is 8.51. The van der Waals surface area contributed by atoms with Gasteiger partial charge in [0.2, 0.25) is 0 Å². The Labute approximate surface area is 170 Å². The maximum atomic E-state index is 14.9. The fourth-order valence-corrected chi connectivity index (χ4v) is 3.72. The molecular weight excluding hydrogens is 375 g/mol. The molecule has 0 saturated carbocycles. The molecule has 29 heavy (non-hydrogen) atoms. The highest BCUT2D eigenvalue weighted by molar-refractivity contribution is 5.62. The van der Waals surface area contributed by atoms with Gasteiger partial charge in [0.15, 0.2) is 0 Å². The maximum Gasteiger partial charge on any atom is 0.133 e. The largest absolute Gasteiger partial charge is 0.386 e. The summed E-state index contributed by atoms with van der Waals surface area (Å²) >= 11 is 0. The van der Waals surface area contributed by atoms with E-state index in [1.54, 1.807) is 13.8 Å². The molecule has 1 aromatic heterocycles. The second kappa shape index (κ2) is 8.09. The molecule has 0 bridgehead atoms. The normalized spacial score (nSPS) is 17.7. The third kappa shape index (κ3) is 4.57. The van der Waals surface area contributed by atoms with E-state index in [1.165, 1.54) is 32.2 Å². The molecule has 6 heteroatoms. The zero-order valence-corrected chi connectivity index (χ0v) is 17.5. The summed E-state index contributed by atoms with van der Waals surface area (Å²) in [5, 5.41) is 6.51. The van der Waals surface area contributed by atoms with Gasteiger partial charge in [0, 0.05) is 41.7 Å². The van der Waals surface area contributed by atoms with Gasteiger partial charge in [0.25, 0.3) is 0 Å². The highest BCUT2D eigenvalue weighted by Gasteiger charge is 2.24. The number of aromatic nitrogens is 1. The lowest BCUT2D eigenvalue weighted by Crippen LogP contribution is -2.20. The zero-order valence-electron chi connectivity index (χ0n) is 17.5. The van der Waals surface area contributed by atoms with E-state index >= 15 is 0 Å². The van der Waals surface area contributed by atoms with E-state index in [9.17, 15) is 13.2 Å². The summed E-state index contributed by atoms with van der Waals surface area (Å²) in [6.07, 6.45) is 5.21. The van der Waals surface area contributed by atoms with Crippen molar-refractivity contribution in [2.45, 2.75) is 65.2 Å². The molecule has 2 aromatic rings. The van der Waals surface area contributed by atoms with E-state index in [1.807, 2.05) is 6.20 Å². The van der Waals surface area contributed by atoms with E-state index in [2.05, 4.69) is 22.5 Å². The van der Waals surface area contributed by atoms with Crippen LogP contribution in [0.3, 0.4) is 0 Å². The predicted octanol–water partition coefficient (Wildman–Crippen LogP) is 5.80. The van der Waals surface area contributed by atoms with Crippen LogP contribution in [0.4, 0.5) is 13.2 Å². The number of hydrogen-bond donors (Lipinski definition) is 2. The van der Waals surface area contributed by atoms with Gasteiger partial charge in [-0.15, -0.1) is 0 Å². The van der Waals surface area contributed by atoms with Crippen molar-refractivity contribution in [1.82, 2.24) is 15.6 Å². The van der Waals surface area contributed by atoms with E-state index in [0.717, 1.165) is 24.6 Å². The molecule has 1 aromatic carbocycles. The van der Waals surface area contributed by atoms with Crippen molar-refractivity contribution >= 4 is 0 Å². The molecule has 0 fully saturated rings. The monoisotopic (exact) mass is 403 g/mol. The minimum Gasteiger partial charge on any atom is -0.386 e. The highest BCUT2D eigenvalue weighted by Crippen LogP contribution is 2.33. The third-order valence-electron chi connectivity index (χ3n) is 5.43. The van der Waals surface area contributed by atoms with E-state index < -0.39 is 23.3 Å². The molecule has 2 N–H and O–H groups in total. The predicted molar refractivity (Wildman–Crippen MR) is 110 cm³/mol. The lowest BCUT2D eigenvalue weighted by Gasteiger charge is -2.20. The molecule has 1 aliphatic rings. The second-order valence-electron chi connectivity index (χ2n) is 8.22. The summed E-state index contributed by atoms with van der Waals surface area (Å²) in [4.78, 5) is 4.19. The van der Waals surface area contributed by atoms with Crippen molar-refractivity contribution < 1.29 is 13.2 Å². The molecule has 1 aliphatic heterocycles. The fraction of sp³-hybridized carbons (Fsp3) is 0.435. The minimum absolute atomic E-state index is 0.0248. The molecule has 0 aliphatic carbocycles. The maximum absolute atomic E-state index is 14.9. The van der Waals surface area contributed by atoms with Gasteiger partial charge in [-0.1, -0.05) is 6.92 Å². The van der Waals surface area contributed by atoms with Crippen LogP contribution in [0.25, 0.3) is 11.3 Å². The summed E-state index contributed by atoms with van der Waals surface area (Å²) in [5.41, 5.74) is 0.931. The van der Waals surface area contributed by atoms with Crippen LogP contribution in [0, 0.1) is 18.6 Å². The zero-order chi connectivity index (χ0) is 21.3. The van der Waals surface area contributed by atoms with E-state index in [4.69, 9.17) is 0 Å². The Kier molecular flexibility index (Phi) is 5.92. The van der Waals surface area contributed by atoms with Crippen LogP contribution in [0.2, 0.25) is 0 Å². The first-order valence-corrected chi connectivity index (χ1v) is 9.97. The number of nitrogens with one attached hydrogen (secondary N) is 2. The van der Waals surface area contributed by atoms with Gasteiger partial charge in [-0.3, -0.25) is 4.98 Å². The van der Waals surface area contributed by atoms with Crippen molar-refractivity contribution in [3.63, 3.8) is 0 Å². The average Bonchev–Trinajstić information content (AvgIpc) is 3.10. The molecule has 0 radical (unpaired) electrons. The lowest BCUT2D eigenvalue weighted by molar-refractivity contribution is 0.220. The number of alkyl halides is 1. The lowest BCUT2D eigenvalue weighted by atomic mass is 9.94. The number of pyridine rings is 1. The summed E-state index contributed by atoms with van der Waals surface area (Å²) in [7, 11) is 0. The summed E-state index contributed by atoms with van der Waals surface area (Å²) in [5.74, 6) is -1.11. The van der Waals surface area contributed by atoms with E-state index in [0.29, 0.717) is 17.2 Å². The molecule has 2 atom stereocenters. The minimum atomic E-state index is -1.60. The Morgan fingerprint density at radius 3 is 2.59 bits per heavy atom. The number of halogens is 3. The van der Waals surface area contributed by atoms with Crippen LogP contribution in [0.15, 0.2) is 36.3 Å². The van der Waals surface area contributed by atoms with Gasteiger partial charge < -0.3 is 10.6 Å². The molecule has 0 amide bonds. The molecule has 2 unspecified atom stereocenters. The Bertz CT molecular complexity index is 932. The van der Waals surface area contributed by atoms with Crippen LogP contribution >= 0.6 is 0 Å². The molecule has 3 nitrogen and oxygen atoms in total.